The Morgan fingerprint density at radius 1 is 1.36 bits per heavy atom. The first kappa shape index (κ1) is 11.3. The smallest absolute Gasteiger partial charge is 0.00386 e. The topological polar surface area (TPSA) is 12.0 Å². The average Bonchev–Trinajstić information content (AvgIpc) is 1.99. The van der Waals surface area contributed by atoms with E-state index >= 15 is 0 Å². The maximum atomic E-state index is 3.42. The van der Waals surface area contributed by atoms with Crippen molar-refractivity contribution in [1.82, 2.24) is 5.32 Å². The van der Waals surface area contributed by atoms with Crippen molar-refractivity contribution in [2.45, 2.75) is 39.2 Å². The molecule has 0 fully saturated rings. The molecule has 0 saturated heterocycles. The summed E-state index contributed by atoms with van der Waals surface area (Å²) in [5.74, 6) is 1.32. The third-order valence-corrected chi connectivity index (χ3v) is 2.49. The number of unbranched alkanes of at least 4 members (excludes halogenated alkanes) is 1. The van der Waals surface area contributed by atoms with Crippen molar-refractivity contribution >= 4 is 11.8 Å². The second-order valence-corrected chi connectivity index (χ2v) is 3.93. The van der Waals surface area contributed by atoms with E-state index in [4.69, 9.17) is 0 Å². The van der Waals surface area contributed by atoms with Crippen molar-refractivity contribution in [1.29, 1.82) is 0 Å². The maximum absolute atomic E-state index is 3.42. The molecule has 0 aromatic carbocycles. The molecule has 0 heterocycles. The minimum absolute atomic E-state index is 0.710. The molecule has 68 valence electrons. The van der Waals surface area contributed by atoms with Gasteiger partial charge in [0.1, 0.15) is 0 Å². The SMILES string of the molecule is CCNC(C)CCCCSC. The van der Waals surface area contributed by atoms with Crippen LogP contribution in [0.1, 0.15) is 33.1 Å². The Bertz CT molecular complexity index is 76.0. The molecule has 0 aliphatic rings. The average molecular weight is 175 g/mol. The number of hydrogen-bond donors (Lipinski definition) is 1. The van der Waals surface area contributed by atoms with Crippen molar-refractivity contribution in [2.24, 2.45) is 0 Å². The molecular formula is C9H21NS. The predicted molar refractivity (Wildman–Crippen MR) is 55.4 cm³/mol. The summed E-state index contributed by atoms with van der Waals surface area (Å²) in [4.78, 5) is 0. The van der Waals surface area contributed by atoms with E-state index in [-0.39, 0.29) is 0 Å². The van der Waals surface area contributed by atoms with Crippen LogP contribution in [0.5, 0.6) is 0 Å². The van der Waals surface area contributed by atoms with Gasteiger partial charge in [-0.2, -0.15) is 11.8 Å². The highest BCUT2D eigenvalue weighted by Gasteiger charge is 1.97. The van der Waals surface area contributed by atoms with Crippen molar-refractivity contribution in [3.05, 3.63) is 0 Å². The first-order valence-electron chi connectivity index (χ1n) is 4.53. The number of nitrogens with one attached hydrogen (secondary N) is 1. The zero-order chi connectivity index (χ0) is 8.53. The first-order valence-corrected chi connectivity index (χ1v) is 5.93. The van der Waals surface area contributed by atoms with Crippen LogP contribution in [0.15, 0.2) is 0 Å². The van der Waals surface area contributed by atoms with Crippen molar-refractivity contribution < 1.29 is 0 Å². The second kappa shape index (κ2) is 8.41. The van der Waals surface area contributed by atoms with Crippen LogP contribution in [0.2, 0.25) is 0 Å². The molecule has 0 spiro atoms. The summed E-state index contributed by atoms with van der Waals surface area (Å²) >= 11 is 1.95. The summed E-state index contributed by atoms with van der Waals surface area (Å²) in [6, 6.07) is 0.710. The Morgan fingerprint density at radius 2 is 2.09 bits per heavy atom. The van der Waals surface area contributed by atoms with Gasteiger partial charge in [-0.3, -0.25) is 0 Å². The molecule has 11 heavy (non-hydrogen) atoms. The second-order valence-electron chi connectivity index (χ2n) is 2.95. The molecule has 0 aromatic heterocycles. The van der Waals surface area contributed by atoms with E-state index in [1.807, 2.05) is 11.8 Å². The Hall–Kier alpha value is 0.310. The Labute approximate surface area is 75.3 Å². The number of thioether (sulfide) groups is 1. The summed E-state index contributed by atoms with van der Waals surface area (Å²) in [7, 11) is 0. The molecule has 0 bridgehead atoms. The minimum Gasteiger partial charge on any atom is -0.315 e. The van der Waals surface area contributed by atoms with Gasteiger partial charge in [-0.1, -0.05) is 13.3 Å². The van der Waals surface area contributed by atoms with E-state index in [9.17, 15) is 0 Å². The van der Waals surface area contributed by atoms with Crippen LogP contribution in [0, 0.1) is 0 Å². The highest BCUT2D eigenvalue weighted by Crippen LogP contribution is 2.04. The summed E-state index contributed by atoms with van der Waals surface area (Å²) in [6.07, 6.45) is 6.24. The molecule has 0 amide bonds. The molecule has 0 aliphatic carbocycles. The van der Waals surface area contributed by atoms with Crippen molar-refractivity contribution in [3.63, 3.8) is 0 Å². The van der Waals surface area contributed by atoms with Crippen LogP contribution in [-0.2, 0) is 0 Å². The van der Waals surface area contributed by atoms with Crippen molar-refractivity contribution in [3.8, 4) is 0 Å². The summed E-state index contributed by atoms with van der Waals surface area (Å²) in [6.45, 7) is 5.53. The van der Waals surface area contributed by atoms with Gasteiger partial charge in [0.05, 0.1) is 0 Å². The van der Waals surface area contributed by atoms with Crippen molar-refractivity contribution in [2.75, 3.05) is 18.6 Å². The Kier molecular flexibility index (Phi) is 8.64. The van der Waals surface area contributed by atoms with Gasteiger partial charge in [0.2, 0.25) is 0 Å². The summed E-state index contributed by atoms with van der Waals surface area (Å²) < 4.78 is 0. The molecular weight excluding hydrogens is 154 g/mol. The monoisotopic (exact) mass is 175 g/mol. The highest BCUT2D eigenvalue weighted by atomic mass is 32.2. The lowest BCUT2D eigenvalue weighted by molar-refractivity contribution is 0.510. The van der Waals surface area contributed by atoms with Gasteiger partial charge < -0.3 is 5.32 Å². The fraction of sp³-hybridized carbons (Fsp3) is 1.00. The van der Waals surface area contributed by atoms with Crippen LogP contribution in [0.4, 0.5) is 0 Å². The lowest BCUT2D eigenvalue weighted by Crippen LogP contribution is -2.25. The Morgan fingerprint density at radius 3 is 2.64 bits per heavy atom. The first-order chi connectivity index (χ1) is 5.31. The molecule has 1 unspecified atom stereocenters. The molecule has 1 nitrogen and oxygen atoms in total. The van der Waals surface area contributed by atoms with Gasteiger partial charge in [0.15, 0.2) is 0 Å². The normalized spacial score (nSPS) is 13.4. The number of hydrogen-bond acceptors (Lipinski definition) is 2. The molecule has 1 N–H and O–H groups in total. The van der Waals surface area contributed by atoms with E-state index in [2.05, 4.69) is 25.4 Å². The van der Waals surface area contributed by atoms with Crippen LogP contribution in [0.3, 0.4) is 0 Å². The van der Waals surface area contributed by atoms with Gasteiger partial charge in [0.25, 0.3) is 0 Å². The van der Waals surface area contributed by atoms with Gasteiger partial charge in [-0.25, -0.2) is 0 Å². The fourth-order valence-corrected chi connectivity index (χ4v) is 1.64. The quantitative estimate of drug-likeness (QED) is 0.597. The third-order valence-electron chi connectivity index (χ3n) is 1.79. The largest absolute Gasteiger partial charge is 0.315 e. The number of rotatable bonds is 7. The molecule has 2 heteroatoms. The maximum Gasteiger partial charge on any atom is 0.00386 e. The standard InChI is InChI=1S/C9H21NS/c1-4-10-9(2)7-5-6-8-11-3/h9-10H,4-8H2,1-3H3. The zero-order valence-corrected chi connectivity index (χ0v) is 8.84. The van der Waals surface area contributed by atoms with Gasteiger partial charge in [-0.05, 0) is 38.3 Å². The molecule has 0 aromatic rings. The molecule has 0 radical (unpaired) electrons. The molecule has 0 aliphatic heterocycles. The van der Waals surface area contributed by atoms with E-state index < -0.39 is 0 Å². The van der Waals surface area contributed by atoms with Crippen LogP contribution < -0.4 is 5.32 Å². The molecule has 1 atom stereocenters. The lowest BCUT2D eigenvalue weighted by atomic mass is 10.1. The van der Waals surface area contributed by atoms with E-state index in [1.165, 1.54) is 25.0 Å². The molecule has 0 saturated carbocycles. The van der Waals surface area contributed by atoms with Crippen LogP contribution in [-0.4, -0.2) is 24.6 Å². The third kappa shape index (κ3) is 8.21. The lowest BCUT2D eigenvalue weighted by Gasteiger charge is -2.10. The van der Waals surface area contributed by atoms with E-state index in [1.54, 1.807) is 0 Å². The predicted octanol–water partition coefficient (Wildman–Crippen LogP) is 2.52. The highest BCUT2D eigenvalue weighted by molar-refractivity contribution is 7.98. The minimum atomic E-state index is 0.710. The van der Waals surface area contributed by atoms with Crippen LogP contribution >= 0.6 is 11.8 Å². The van der Waals surface area contributed by atoms with Crippen LogP contribution in [0.25, 0.3) is 0 Å². The zero-order valence-electron chi connectivity index (χ0n) is 8.02. The van der Waals surface area contributed by atoms with Gasteiger partial charge in [-0.15, -0.1) is 0 Å². The summed E-state index contributed by atoms with van der Waals surface area (Å²) in [5.41, 5.74) is 0. The van der Waals surface area contributed by atoms with E-state index in [0.717, 1.165) is 6.54 Å². The fourth-order valence-electron chi connectivity index (χ4n) is 1.15. The van der Waals surface area contributed by atoms with Gasteiger partial charge >= 0.3 is 0 Å². The van der Waals surface area contributed by atoms with E-state index in [0.29, 0.717) is 6.04 Å². The van der Waals surface area contributed by atoms with Gasteiger partial charge in [0, 0.05) is 6.04 Å². The Balaban J connectivity index is 2.97. The molecule has 0 rings (SSSR count). The summed E-state index contributed by atoms with van der Waals surface area (Å²) in [5, 5.41) is 3.42.